The molecule has 2 aromatic rings. The summed E-state index contributed by atoms with van der Waals surface area (Å²) in [5.41, 5.74) is 1.79. The lowest BCUT2D eigenvalue weighted by Crippen LogP contribution is -2.01. The molecule has 0 radical (unpaired) electrons. The fraction of sp³-hybridized carbons (Fsp3) is 0.357. The van der Waals surface area contributed by atoms with E-state index in [0.29, 0.717) is 13.0 Å². The molecule has 1 unspecified atom stereocenters. The predicted molar refractivity (Wildman–Crippen MR) is 67.8 cm³/mol. The van der Waals surface area contributed by atoms with Crippen LogP contribution in [0.5, 0.6) is 0 Å². The number of pyridine rings is 1. The second kappa shape index (κ2) is 5.75. The van der Waals surface area contributed by atoms with E-state index < -0.39 is 6.10 Å². The number of aliphatic hydroxyl groups excluding tert-OH is 1. The minimum Gasteiger partial charge on any atom is -0.388 e. The molecule has 2 rings (SSSR count). The first-order chi connectivity index (χ1) is 8.33. The largest absolute Gasteiger partial charge is 0.388 e. The van der Waals surface area contributed by atoms with E-state index in [-0.39, 0.29) is 0 Å². The van der Waals surface area contributed by atoms with Crippen LogP contribution in [0.25, 0.3) is 10.9 Å². The monoisotopic (exact) mass is 231 g/mol. The smallest absolute Gasteiger partial charge is 0.0812 e. The number of aromatic nitrogens is 1. The summed E-state index contributed by atoms with van der Waals surface area (Å²) in [4.78, 5) is 4.34. The van der Waals surface area contributed by atoms with Crippen LogP contribution in [0.4, 0.5) is 0 Å². The lowest BCUT2D eigenvalue weighted by molar-refractivity contribution is 0.137. The first kappa shape index (κ1) is 12.0. The average molecular weight is 231 g/mol. The predicted octanol–water partition coefficient (Wildman–Crippen LogP) is 2.69. The fourth-order valence-corrected chi connectivity index (χ4v) is 1.97. The maximum atomic E-state index is 10.1. The lowest BCUT2D eigenvalue weighted by Gasteiger charge is -2.12. The molecule has 17 heavy (non-hydrogen) atoms. The van der Waals surface area contributed by atoms with Gasteiger partial charge in [-0.05, 0) is 18.9 Å². The molecule has 3 heteroatoms. The van der Waals surface area contributed by atoms with Crippen LogP contribution < -0.4 is 0 Å². The van der Waals surface area contributed by atoms with E-state index in [1.807, 2.05) is 30.3 Å². The Morgan fingerprint density at radius 1 is 1.29 bits per heavy atom. The third kappa shape index (κ3) is 2.81. The van der Waals surface area contributed by atoms with Gasteiger partial charge in [0.2, 0.25) is 0 Å². The molecule has 1 heterocycles. The molecule has 0 aliphatic rings. The van der Waals surface area contributed by atoms with Gasteiger partial charge < -0.3 is 9.84 Å². The van der Waals surface area contributed by atoms with E-state index in [2.05, 4.69) is 4.98 Å². The number of para-hydroxylation sites is 1. The number of rotatable bonds is 5. The van der Waals surface area contributed by atoms with Gasteiger partial charge in [0.25, 0.3) is 0 Å². The van der Waals surface area contributed by atoms with Crippen LogP contribution in [-0.2, 0) is 4.74 Å². The molecule has 90 valence electrons. The van der Waals surface area contributed by atoms with Gasteiger partial charge in [-0.15, -0.1) is 0 Å². The van der Waals surface area contributed by atoms with Crippen molar-refractivity contribution < 1.29 is 9.84 Å². The quantitative estimate of drug-likeness (QED) is 0.804. The molecule has 0 saturated heterocycles. The molecule has 1 atom stereocenters. The number of ether oxygens (including phenoxy) is 1. The molecule has 0 bridgehead atoms. The highest BCUT2D eigenvalue weighted by Crippen LogP contribution is 2.25. The molecule has 3 nitrogen and oxygen atoms in total. The Bertz CT molecular complexity index is 479. The van der Waals surface area contributed by atoms with Crippen molar-refractivity contribution in [2.45, 2.75) is 18.9 Å². The van der Waals surface area contributed by atoms with Crippen LogP contribution in [-0.4, -0.2) is 23.8 Å². The molecular formula is C14H17NO2. The summed E-state index contributed by atoms with van der Waals surface area (Å²) >= 11 is 0. The van der Waals surface area contributed by atoms with Gasteiger partial charge in [-0.2, -0.15) is 0 Å². The number of hydrogen-bond acceptors (Lipinski definition) is 3. The SMILES string of the molecule is COCCCC(O)c1cccc2cccnc12. The van der Waals surface area contributed by atoms with E-state index in [9.17, 15) is 5.11 Å². The second-order valence-corrected chi connectivity index (χ2v) is 4.07. The Hall–Kier alpha value is -1.45. The zero-order chi connectivity index (χ0) is 12.1. The van der Waals surface area contributed by atoms with Crippen LogP contribution in [0, 0.1) is 0 Å². The van der Waals surface area contributed by atoms with Crippen LogP contribution in [0.2, 0.25) is 0 Å². The van der Waals surface area contributed by atoms with E-state index in [1.54, 1.807) is 13.3 Å². The summed E-state index contributed by atoms with van der Waals surface area (Å²) in [7, 11) is 1.67. The Morgan fingerprint density at radius 2 is 2.12 bits per heavy atom. The van der Waals surface area contributed by atoms with Crippen molar-refractivity contribution in [3.63, 3.8) is 0 Å². The summed E-state index contributed by atoms with van der Waals surface area (Å²) in [6.45, 7) is 0.676. The number of benzene rings is 1. The average Bonchev–Trinajstić information content (AvgIpc) is 2.38. The Labute approximate surface area is 101 Å². The van der Waals surface area contributed by atoms with E-state index in [1.165, 1.54) is 0 Å². The minimum absolute atomic E-state index is 0.469. The van der Waals surface area contributed by atoms with E-state index in [4.69, 9.17) is 4.74 Å². The van der Waals surface area contributed by atoms with Gasteiger partial charge in [0, 0.05) is 30.9 Å². The van der Waals surface area contributed by atoms with Crippen LogP contribution in [0.15, 0.2) is 36.5 Å². The maximum absolute atomic E-state index is 10.1. The topological polar surface area (TPSA) is 42.4 Å². The summed E-state index contributed by atoms with van der Waals surface area (Å²) in [6, 6.07) is 9.82. The molecule has 0 saturated carbocycles. The van der Waals surface area contributed by atoms with E-state index >= 15 is 0 Å². The Balaban J connectivity index is 2.22. The second-order valence-electron chi connectivity index (χ2n) is 4.07. The van der Waals surface area contributed by atoms with Crippen LogP contribution in [0.3, 0.4) is 0 Å². The van der Waals surface area contributed by atoms with Crippen molar-refractivity contribution in [2.24, 2.45) is 0 Å². The molecule has 1 aromatic heterocycles. The third-order valence-electron chi connectivity index (χ3n) is 2.85. The van der Waals surface area contributed by atoms with Gasteiger partial charge in [0.1, 0.15) is 0 Å². The first-order valence-corrected chi connectivity index (χ1v) is 5.83. The molecule has 0 aliphatic carbocycles. The standard InChI is InChI=1S/C14H17NO2/c1-17-10-4-8-13(16)12-7-2-5-11-6-3-9-15-14(11)12/h2-3,5-7,9,13,16H,4,8,10H2,1H3. The van der Waals surface area contributed by atoms with Crippen molar-refractivity contribution in [1.29, 1.82) is 0 Å². The maximum Gasteiger partial charge on any atom is 0.0812 e. The fourth-order valence-electron chi connectivity index (χ4n) is 1.97. The van der Waals surface area contributed by atoms with Crippen molar-refractivity contribution in [3.05, 3.63) is 42.1 Å². The Morgan fingerprint density at radius 3 is 2.94 bits per heavy atom. The first-order valence-electron chi connectivity index (χ1n) is 5.83. The molecule has 0 amide bonds. The normalized spacial score (nSPS) is 12.8. The highest BCUT2D eigenvalue weighted by Gasteiger charge is 2.11. The van der Waals surface area contributed by atoms with Gasteiger partial charge in [0.05, 0.1) is 11.6 Å². The highest BCUT2D eigenvalue weighted by molar-refractivity contribution is 5.81. The number of nitrogens with zero attached hydrogens (tertiary/aromatic N) is 1. The summed E-state index contributed by atoms with van der Waals surface area (Å²) < 4.78 is 4.99. The van der Waals surface area contributed by atoms with Gasteiger partial charge in [0.15, 0.2) is 0 Å². The molecule has 0 fully saturated rings. The van der Waals surface area contributed by atoms with E-state index in [0.717, 1.165) is 22.9 Å². The van der Waals surface area contributed by atoms with Crippen molar-refractivity contribution in [2.75, 3.05) is 13.7 Å². The van der Waals surface area contributed by atoms with Crippen molar-refractivity contribution in [3.8, 4) is 0 Å². The van der Waals surface area contributed by atoms with Crippen LogP contribution >= 0.6 is 0 Å². The molecule has 0 aliphatic heterocycles. The lowest BCUT2D eigenvalue weighted by atomic mass is 10.0. The zero-order valence-electron chi connectivity index (χ0n) is 9.97. The van der Waals surface area contributed by atoms with Crippen molar-refractivity contribution in [1.82, 2.24) is 4.98 Å². The summed E-state index contributed by atoms with van der Waals surface area (Å²) in [5.74, 6) is 0. The molecular weight excluding hydrogens is 214 g/mol. The summed E-state index contributed by atoms with van der Waals surface area (Å²) in [6.07, 6.45) is 2.83. The third-order valence-corrected chi connectivity index (χ3v) is 2.85. The number of fused-ring (bicyclic) bond motifs is 1. The number of aliphatic hydroxyl groups is 1. The highest BCUT2D eigenvalue weighted by atomic mass is 16.5. The van der Waals surface area contributed by atoms with Gasteiger partial charge in [-0.3, -0.25) is 4.98 Å². The van der Waals surface area contributed by atoms with Gasteiger partial charge in [-0.1, -0.05) is 24.3 Å². The number of methoxy groups -OCH3 is 1. The zero-order valence-corrected chi connectivity index (χ0v) is 9.97. The molecule has 0 spiro atoms. The molecule has 1 aromatic carbocycles. The Kier molecular flexibility index (Phi) is 4.07. The summed E-state index contributed by atoms with van der Waals surface area (Å²) in [5, 5.41) is 11.2. The molecule has 1 N–H and O–H groups in total. The van der Waals surface area contributed by atoms with Crippen molar-refractivity contribution >= 4 is 10.9 Å². The number of hydrogen-bond donors (Lipinski definition) is 1. The van der Waals surface area contributed by atoms with Crippen LogP contribution in [0.1, 0.15) is 24.5 Å². The van der Waals surface area contributed by atoms with Gasteiger partial charge >= 0.3 is 0 Å². The minimum atomic E-state index is -0.469. The van der Waals surface area contributed by atoms with Gasteiger partial charge in [-0.25, -0.2) is 0 Å².